The second-order valence-corrected chi connectivity index (χ2v) is 6.94. The van der Waals surface area contributed by atoms with Crippen LogP contribution in [0.4, 0.5) is 5.69 Å². The largest absolute Gasteiger partial charge is 0.461 e. The topological polar surface area (TPSA) is 91.4 Å². The Morgan fingerprint density at radius 3 is 2.79 bits per heavy atom. The van der Waals surface area contributed by atoms with Crippen LogP contribution in [0, 0.1) is 27.9 Å². The number of ether oxygens (including phenoxy) is 1. The Labute approximate surface area is 140 Å². The van der Waals surface area contributed by atoms with Crippen molar-refractivity contribution < 1.29 is 14.5 Å². The first kappa shape index (κ1) is 18.2. The Morgan fingerprint density at radius 1 is 1.46 bits per heavy atom. The standard InChI is InChI=1S/C17H24N2O5/c1-11(2)13-7-6-12(3)9-15(13)24-16(20)10-18-8-4-5-14(17(18)21)19(22)23/h4-5,8,11-13,15H,6-7,9-10H2,1-3H3/t12-,13+,15+/m1/s1. The van der Waals surface area contributed by atoms with Crippen LogP contribution in [0.1, 0.15) is 40.0 Å². The maximum atomic E-state index is 12.2. The van der Waals surface area contributed by atoms with E-state index >= 15 is 0 Å². The van der Waals surface area contributed by atoms with Crippen LogP contribution in [-0.2, 0) is 16.1 Å². The van der Waals surface area contributed by atoms with E-state index in [2.05, 4.69) is 20.8 Å². The summed E-state index contributed by atoms with van der Waals surface area (Å²) in [5, 5.41) is 10.8. The number of nitro groups is 1. The monoisotopic (exact) mass is 336 g/mol. The van der Waals surface area contributed by atoms with Crippen LogP contribution >= 0.6 is 0 Å². The van der Waals surface area contributed by atoms with Crippen LogP contribution in [0.2, 0.25) is 0 Å². The zero-order valence-electron chi connectivity index (χ0n) is 14.3. The molecule has 2 rings (SSSR count). The normalized spacial score (nSPS) is 23.9. The fraction of sp³-hybridized carbons (Fsp3) is 0.647. The summed E-state index contributed by atoms with van der Waals surface area (Å²) in [7, 11) is 0. The molecule has 0 N–H and O–H groups in total. The van der Waals surface area contributed by atoms with Crippen molar-refractivity contribution >= 4 is 11.7 Å². The smallest absolute Gasteiger partial charge is 0.334 e. The zero-order chi connectivity index (χ0) is 17.9. The number of carbonyl (C=O) groups is 1. The Kier molecular flexibility index (Phi) is 5.75. The van der Waals surface area contributed by atoms with Crippen molar-refractivity contribution in [2.45, 2.75) is 52.7 Å². The van der Waals surface area contributed by atoms with Gasteiger partial charge in [0.2, 0.25) is 0 Å². The fourth-order valence-electron chi connectivity index (χ4n) is 3.38. The highest BCUT2D eigenvalue weighted by Gasteiger charge is 2.33. The molecule has 132 valence electrons. The number of esters is 1. The maximum Gasteiger partial charge on any atom is 0.334 e. The molecule has 1 aromatic rings. The quantitative estimate of drug-likeness (QED) is 0.468. The predicted octanol–water partition coefficient (Wildman–Crippen LogP) is 2.76. The lowest BCUT2D eigenvalue weighted by Crippen LogP contribution is -2.37. The summed E-state index contributed by atoms with van der Waals surface area (Å²) in [6.45, 7) is 6.07. The first-order chi connectivity index (χ1) is 11.3. The minimum absolute atomic E-state index is 0.157. The van der Waals surface area contributed by atoms with E-state index in [1.165, 1.54) is 12.3 Å². The molecule has 3 atom stereocenters. The van der Waals surface area contributed by atoms with Crippen molar-refractivity contribution in [3.63, 3.8) is 0 Å². The van der Waals surface area contributed by atoms with Gasteiger partial charge in [-0.25, -0.2) is 0 Å². The molecule has 7 heteroatoms. The highest BCUT2D eigenvalue weighted by atomic mass is 16.6. The highest BCUT2D eigenvalue weighted by molar-refractivity contribution is 5.69. The van der Waals surface area contributed by atoms with Crippen LogP contribution < -0.4 is 5.56 Å². The second kappa shape index (κ2) is 7.59. The third-order valence-electron chi connectivity index (χ3n) is 4.74. The molecule has 0 aliphatic heterocycles. The average Bonchev–Trinajstić information content (AvgIpc) is 2.48. The number of rotatable bonds is 5. The zero-order valence-corrected chi connectivity index (χ0v) is 14.3. The molecule has 24 heavy (non-hydrogen) atoms. The number of hydrogen-bond acceptors (Lipinski definition) is 5. The van der Waals surface area contributed by atoms with Gasteiger partial charge in [0.15, 0.2) is 0 Å². The Bertz CT molecular complexity index is 667. The first-order valence-corrected chi connectivity index (χ1v) is 8.33. The third kappa shape index (κ3) is 4.21. The summed E-state index contributed by atoms with van der Waals surface area (Å²) < 4.78 is 6.65. The summed E-state index contributed by atoms with van der Waals surface area (Å²) in [6, 6.07) is 2.51. The fourth-order valence-corrected chi connectivity index (χ4v) is 3.38. The van der Waals surface area contributed by atoms with E-state index in [-0.39, 0.29) is 12.6 Å². The minimum Gasteiger partial charge on any atom is -0.461 e. The van der Waals surface area contributed by atoms with E-state index in [9.17, 15) is 19.7 Å². The maximum absolute atomic E-state index is 12.2. The second-order valence-electron chi connectivity index (χ2n) is 6.94. The molecular formula is C17H24N2O5. The molecule has 1 fully saturated rings. The van der Waals surface area contributed by atoms with Crippen LogP contribution in [0.5, 0.6) is 0 Å². The molecule has 0 saturated heterocycles. The van der Waals surface area contributed by atoms with E-state index in [1.807, 2.05) is 0 Å². The van der Waals surface area contributed by atoms with Crippen molar-refractivity contribution in [3.8, 4) is 0 Å². The third-order valence-corrected chi connectivity index (χ3v) is 4.74. The van der Waals surface area contributed by atoms with Gasteiger partial charge in [-0.15, -0.1) is 0 Å². The van der Waals surface area contributed by atoms with E-state index < -0.39 is 22.1 Å². The van der Waals surface area contributed by atoms with Gasteiger partial charge in [-0.3, -0.25) is 24.3 Å². The summed E-state index contributed by atoms with van der Waals surface area (Å²) in [5.74, 6) is 0.698. The average molecular weight is 336 g/mol. The van der Waals surface area contributed by atoms with Crippen molar-refractivity contribution in [3.05, 3.63) is 38.8 Å². The Hall–Kier alpha value is -2.18. The number of hydrogen-bond donors (Lipinski definition) is 0. The van der Waals surface area contributed by atoms with Gasteiger partial charge in [-0.1, -0.05) is 27.2 Å². The minimum atomic E-state index is -0.795. The number of nitrogens with zero attached hydrogens (tertiary/aromatic N) is 2. The van der Waals surface area contributed by atoms with Crippen LogP contribution in [0.15, 0.2) is 23.1 Å². The van der Waals surface area contributed by atoms with Gasteiger partial charge in [0, 0.05) is 12.3 Å². The number of pyridine rings is 1. The number of aromatic nitrogens is 1. The lowest BCUT2D eigenvalue weighted by atomic mass is 9.75. The highest BCUT2D eigenvalue weighted by Crippen LogP contribution is 2.35. The molecular weight excluding hydrogens is 312 g/mol. The van der Waals surface area contributed by atoms with Gasteiger partial charge in [0.25, 0.3) is 0 Å². The summed E-state index contributed by atoms with van der Waals surface area (Å²) in [6.07, 6.45) is 4.17. The van der Waals surface area contributed by atoms with E-state index in [0.29, 0.717) is 17.8 Å². The van der Waals surface area contributed by atoms with Gasteiger partial charge in [-0.2, -0.15) is 0 Å². The van der Waals surface area contributed by atoms with Crippen LogP contribution in [0.3, 0.4) is 0 Å². The Balaban J connectivity index is 2.09. The van der Waals surface area contributed by atoms with Gasteiger partial charge in [-0.05, 0) is 36.7 Å². The summed E-state index contributed by atoms with van der Waals surface area (Å²) in [4.78, 5) is 34.3. The predicted molar refractivity (Wildman–Crippen MR) is 88.6 cm³/mol. The molecule has 0 bridgehead atoms. The van der Waals surface area contributed by atoms with Crippen molar-refractivity contribution in [1.82, 2.24) is 4.57 Å². The van der Waals surface area contributed by atoms with Gasteiger partial charge in [0.05, 0.1) is 4.92 Å². The van der Waals surface area contributed by atoms with Gasteiger partial charge < -0.3 is 4.74 Å². The van der Waals surface area contributed by atoms with E-state index in [4.69, 9.17) is 4.74 Å². The van der Waals surface area contributed by atoms with Crippen LogP contribution in [-0.4, -0.2) is 21.6 Å². The molecule has 1 aliphatic carbocycles. The van der Waals surface area contributed by atoms with E-state index in [1.54, 1.807) is 0 Å². The molecule has 0 aromatic carbocycles. The summed E-state index contributed by atoms with van der Waals surface area (Å²) in [5.41, 5.74) is -1.34. The van der Waals surface area contributed by atoms with Crippen molar-refractivity contribution in [1.29, 1.82) is 0 Å². The molecule has 0 amide bonds. The lowest BCUT2D eigenvalue weighted by molar-refractivity contribution is -0.386. The molecule has 7 nitrogen and oxygen atoms in total. The van der Waals surface area contributed by atoms with Gasteiger partial charge in [0.1, 0.15) is 12.6 Å². The summed E-state index contributed by atoms with van der Waals surface area (Å²) >= 11 is 0. The molecule has 0 unspecified atom stereocenters. The number of carbonyl (C=O) groups excluding carboxylic acids is 1. The van der Waals surface area contributed by atoms with Crippen molar-refractivity contribution in [2.75, 3.05) is 0 Å². The Morgan fingerprint density at radius 2 is 2.17 bits per heavy atom. The van der Waals surface area contributed by atoms with E-state index in [0.717, 1.165) is 29.9 Å². The first-order valence-electron chi connectivity index (χ1n) is 8.33. The SMILES string of the molecule is CC(C)[C@@H]1CC[C@@H](C)C[C@@H]1OC(=O)Cn1cccc([N+](=O)[O-])c1=O. The lowest BCUT2D eigenvalue weighted by Gasteiger charge is -2.36. The van der Waals surface area contributed by atoms with Crippen LogP contribution in [0.25, 0.3) is 0 Å². The van der Waals surface area contributed by atoms with Gasteiger partial charge >= 0.3 is 17.2 Å². The molecule has 0 radical (unpaired) electrons. The molecule has 1 saturated carbocycles. The molecule has 1 heterocycles. The molecule has 1 aromatic heterocycles. The van der Waals surface area contributed by atoms with Crippen molar-refractivity contribution in [2.24, 2.45) is 17.8 Å². The molecule has 0 spiro atoms. The molecule has 1 aliphatic rings.